The topological polar surface area (TPSA) is 68.9 Å². The monoisotopic (exact) mass is 390 g/mol. The van der Waals surface area contributed by atoms with Crippen molar-refractivity contribution in [2.75, 3.05) is 7.11 Å². The minimum atomic E-state index is -0.744. The molecule has 2 heterocycles. The number of aliphatic hydroxyl groups is 1. The molecule has 3 atom stereocenters. The molecule has 0 aliphatic carbocycles. The summed E-state index contributed by atoms with van der Waals surface area (Å²) in [6.07, 6.45) is 12.3. The highest BCUT2D eigenvalue weighted by Gasteiger charge is 2.41. The zero-order valence-electron chi connectivity index (χ0n) is 17.6. The molecule has 0 saturated carbocycles. The number of rotatable bonds is 11. The van der Waals surface area contributed by atoms with Crippen LogP contribution in [0.5, 0.6) is 0 Å². The molecule has 2 rings (SSSR count). The number of aliphatic hydroxyl groups excluding tert-OH is 1. The fourth-order valence-corrected chi connectivity index (χ4v) is 3.55. The molecule has 156 valence electrons. The molecular weight excluding hydrogens is 356 g/mol. The molecule has 5 heteroatoms. The lowest BCUT2D eigenvalue weighted by Crippen LogP contribution is -2.39. The van der Waals surface area contributed by atoms with Crippen LogP contribution in [0.4, 0.5) is 0 Å². The zero-order valence-corrected chi connectivity index (χ0v) is 17.6. The van der Waals surface area contributed by atoms with E-state index in [0.29, 0.717) is 19.3 Å². The van der Waals surface area contributed by atoms with Crippen molar-refractivity contribution in [3.8, 4) is 0 Å². The van der Waals surface area contributed by atoms with Gasteiger partial charge in [-0.05, 0) is 70.9 Å². The van der Waals surface area contributed by atoms with Crippen LogP contribution in [0.15, 0.2) is 46.3 Å². The fourth-order valence-electron chi connectivity index (χ4n) is 3.55. The van der Waals surface area contributed by atoms with Crippen LogP contribution >= 0.6 is 0 Å². The summed E-state index contributed by atoms with van der Waals surface area (Å²) in [7, 11) is 1.72. The Hall–Kier alpha value is -1.85. The smallest absolute Gasteiger partial charge is 0.306 e. The van der Waals surface area contributed by atoms with Crippen LogP contribution in [-0.4, -0.2) is 36.0 Å². The molecule has 1 aromatic heterocycles. The zero-order chi connectivity index (χ0) is 20.6. The number of allylic oxidation sites excluding steroid dienone is 2. The number of hydrogen-bond donors (Lipinski definition) is 1. The third-order valence-electron chi connectivity index (χ3n) is 5.49. The molecular formula is C23H34O5. The summed E-state index contributed by atoms with van der Waals surface area (Å²) in [5.74, 6) is -0.219. The molecule has 1 N–H and O–H groups in total. The first-order valence-electron chi connectivity index (χ1n) is 10.1. The number of carbonyl (C=O) groups is 1. The van der Waals surface area contributed by atoms with Gasteiger partial charge in [-0.25, -0.2) is 0 Å². The van der Waals surface area contributed by atoms with Crippen molar-refractivity contribution < 1.29 is 23.8 Å². The Kier molecular flexibility index (Phi) is 8.52. The van der Waals surface area contributed by atoms with E-state index in [1.54, 1.807) is 19.6 Å². The molecule has 1 aromatic rings. The molecule has 5 nitrogen and oxygen atoms in total. The van der Waals surface area contributed by atoms with Gasteiger partial charge in [0, 0.05) is 13.5 Å². The van der Waals surface area contributed by atoms with Crippen LogP contribution in [0.1, 0.15) is 64.9 Å². The minimum absolute atomic E-state index is 0.0159. The van der Waals surface area contributed by atoms with Gasteiger partial charge in [0.15, 0.2) is 0 Å². The van der Waals surface area contributed by atoms with Gasteiger partial charge in [0.2, 0.25) is 0 Å². The average Bonchev–Trinajstić information content (AvgIpc) is 3.29. The third-order valence-corrected chi connectivity index (χ3v) is 5.49. The second-order valence-electron chi connectivity index (χ2n) is 8.05. The van der Waals surface area contributed by atoms with Crippen molar-refractivity contribution in [3.05, 3.63) is 47.5 Å². The molecule has 1 aliphatic heterocycles. The van der Waals surface area contributed by atoms with E-state index in [-0.39, 0.29) is 12.1 Å². The van der Waals surface area contributed by atoms with Gasteiger partial charge in [-0.2, -0.15) is 0 Å². The number of cyclic esters (lactones) is 1. The maximum atomic E-state index is 11.4. The van der Waals surface area contributed by atoms with E-state index in [1.807, 2.05) is 13.0 Å². The van der Waals surface area contributed by atoms with Crippen molar-refractivity contribution in [3.63, 3.8) is 0 Å². The lowest BCUT2D eigenvalue weighted by Gasteiger charge is -2.28. The predicted molar refractivity (Wildman–Crippen MR) is 109 cm³/mol. The summed E-state index contributed by atoms with van der Waals surface area (Å²) in [6, 6.07) is 1.99. The Morgan fingerprint density at radius 2 is 2.18 bits per heavy atom. The number of esters is 1. The number of ether oxygens (including phenoxy) is 2. The second-order valence-corrected chi connectivity index (χ2v) is 8.05. The number of carbonyl (C=O) groups excluding carboxylic acids is 1. The maximum Gasteiger partial charge on any atom is 0.306 e. The summed E-state index contributed by atoms with van der Waals surface area (Å²) < 4.78 is 16.0. The van der Waals surface area contributed by atoms with E-state index in [0.717, 1.165) is 25.7 Å². The van der Waals surface area contributed by atoms with Gasteiger partial charge in [0.25, 0.3) is 0 Å². The molecule has 1 saturated heterocycles. The van der Waals surface area contributed by atoms with Gasteiger partial charge in [0.1, 0.15) is 5.60 Å². The molecule has 0 radical (unpaired) electrons. The normalized spacial score (nSPS) is 23.0. The van der Waals surface area contributed by atoms with Gasteiger partial charge in [0.05, 0.1) is 24.7 Å². The number of aryl methyl sites for hydroxylation is 1. The molecule has 28 heavy (non-hydrogen) atoms. The SMILES string of the molecule is COC(/C=C(\C)CC[C@@H](O)[C@]1(C)CCC(=O)O1)C/C(C)=C/CCc1ccoc1. The first-order valence-corrected chi connectivity index (χ1v) is 10.1. The number of hydrogen-bond acceptors (Lipinski definition) is 5. The van der Waals surface area contributed by atoms with Crippen LogP contribution in [0.25, 0.3) is 0 Å². The van der Waals surface area contributed by atoms with Crippen LogP contribution in [0, 0.1) is 0 Å². The van der Waals surface area contributed by atoms with Crippen LogP contribution in [0.2, 0.25) is 0 Å². The highest BCUT2D eigenvalue weighted by molar-refractivity contribution is 5.72. The second kappa shape index (κ2) is 10.6. The van der Waals surface area contributed by atoms with Gasteiger partial charge < -0.3 is 19.0 Å². The first-order chi connectivity index (χ1) is 13.3. The average molecular weight is 391 g/mol. The fraction of sp³-hybridized carbons (Fsp3) is 0.609. The number of furan rings is 1. The summed E-state index contributed by atoms with van der Waals surface area (Å²) in [5, 5.41) is 10.4. The summed E-state index contributed by atoms with van der Waals surface area (Å²) in [6.45, 7) is 6.00. The number of methoxy groups -OCH3 is 1. The summed E-state index contributed by atoms with van der Waals surface area (Å²) in [5.41, 5.74) is 2.94. The standard InChI is InChI=1S/C23H34O5/c1-17(6-5-7-19-11-13-27-16-19)14-20(26-4)15-18(2)8-9-21(24)23(3)12-10-22(25)28-23/h6,11,13,15-16,20-21,24H,5,7-10,12,14H2,1-4H3/b17-6+,18-15+/t20?,21-,23+/m1/s1. The van der Waals surface area contributed by atoms with Crippen molar-refractivity contribution in [2.45, 2.75) is 83.5 Å². The van der Waals surface area contributed by atoms with Gasteiger partial charge in [-0.3, -0.25) is 4.79 Å². The van der Waals surface area contributed by atoms with E-state index in [4.69, 9.17) is 13.9 Å². The lowest BCUT2D eigenvalue weighted by atomic mass is 9.91. The van der Waals surface area contributed by atoms with Crippen LogP contribution in [0.3, 0.4) is 0 Å². The Morgan fingerprint density at radius 3 is 2.79 bits per heavy atom. The van der Waals surface area contributed by atoms with E-state index in [1.165, 1.54) is 16.7 Å². The molecule has 0 amide bonds. The van der Waals surface area contributed by atoms with Crippen molar-refractivity contribution in [1.29, 1.82) is 0 Å². The Morgan fingerprint density at radius 1 is 1.39 bits per heavy atom. The van der Waals surface area contributed by atoms with Crippen LogP contribution in [-0.2, 0) is 20.7 Å². The van der Waals surface area contributed by atoms with E-state index in [2.05, 4.69) is 26.0 Å². The molecule has 1 aliphatic rings. The third kappa shape index (κ3) is 6.95. The highest BCUT2D eigenvalue weighted by atomic mass is 16.6. The molecule has 0 bridgehead atoms. The summed E-state index contributed by atoms with van der Waals surface area (Å²) in [4.78, 5) is 11.4. The van der Waals surface area contributed by atoms with Gasteiger partial charge in [-0.1, -0.05) is 23.3 Å². The largest absolute Gasteiger partial charge is 0.472 e. The highest BCUT2D eigenvalue weighted by Crippen LogP contribution is 2.32. The van der Waals surface area contributed by atoms with Crippen molar-refractivity contribution in [1.82, 2.24) is 0 Å². The van der Waals surface area contributed by atoms with Crippen molar-refractivity contribution >= 4 is 5.97 Å². The predicted octanol–water partition coefficient (Wildman–Crippen LogP) is 4.75. The lowest BCUT2D eigenvalue weighted by molar-refractivity contribution is -0.156. The molecule has 0 spiro atoms. The van der Waals surface area contributed by atoms with E-state index in [9.17, 15) is 9.90 Å². The van der Waals surface area contributed by atoms with E-state index >= 15 is 0 Å². The Bertz CT molecular complexity index is 673. The molecule has 0 aromatic carbocycles. The van der Waals surface area contributed by atoms with Gasteiger partial charge in [-0.15, -0.1) is 0 Å². The Labute approximate surface area is 168 Å². The van der Waals surface area contributed by atoms with E-state index < -0.39 is 11.7 Å². The van der Waals surface area contributed by atoms with Crippen LogP contribution < -0.4 is 0 Å². The molecule has 1 unspecified atom stereocenters. The minimum Gasteiger partial charge on any atom is -0.472 e. The summed E-state index contributed by atoms with van der Waals surface area (Å²) >= 11 is 0. The maximum absolute atomic E-state index is 11.4. The van der Waals surface area contributed by atoms with Crippen molar-refractivity contribution in [2.24, 2.45) is 0 Å². The van der Waals surface area contributed by atoms with Gasteiger partial charge >= 0.3 is 5.97 Å². The first kappa shape index (κ1) is 22.4. The quantitative estimate of drug-likeness (QED) is 0.436. The molecule has 1 fully saturated rings. The Balaban J connectivity index is 1.79.